The van der Waals surface area contributed by atoms with Crippen LogP contribution in [-0.4, -0.2) is 42.0 Å². The van der Waals surface area contributed by atoms with Gasteiger partial charge in [0.05, 0.1) is 38.2 Å². The molecule has 0 amide bonds. The molecule has 0 spiro atoms. The van der Waals surface area contributed by atoms with Crippen molar-refractivity contribution in [1.29, 1.82) is 0 Å². The van der Waals surface area contributed by atoms with Crippen molar-refractivity contribution >= 4 is 0 Å². The van der Waals surface area contributed by atoms with Crippen molar-refractivity contribution in [1.82, 2.24) is 4.90 Å². The fourth-order valence-corrected chi connectivity index (χ4v) is 2.53. The lowest BCUT2D eigenvalue weighted by Crippen LogP contribution is -2.36. The number of hydrogen-bond donors (Lipinski definition) is 1. The maximum absolute atomic E-state index is 10.4. The summed E-state index contributed by atoms with van der Waals surface area (Å²) in [7, 11) is 1.66. The molecule has 1 heterocycles. The molecule has 0 saturated carbocycles. The van der Waals surface area contributed by atoms with Crippen LogP contribution in [0.3, 0.4) is 0 Å². The third-order valence-electron chi connectivity index (χ3n) is 3.68. The van der Waals surface area contributed by atoms with E-state index in [0.29, 0.717) is 26.2 Å². The molecule has 5 heteroatoms. The number of aliphatic hydroxyl groups excluding tert-OH is 1. The predicted octanol–water partition coefficient (Wildman–Crippen LogP) is 3.47. The van der Waals surface area contributed by atoms with Gasteiger partial charge >= 0.3 is 0 Å². The standard InChI is InChI=1S/C20H29NO4/c1-20(2,3)25-15-17(22)13-21(14-19-9-6-10-24-19)12-16-7-5-8-18(11-16)23-4/h5-11,17,22H,12-15H2,1-4H3. The van der Waals surface area contributed by atoms with Gasteiger partial charge in [0, 0.05) is 13.1 Å². The van der Waals surface area contributed by atoms with Crippen LogP contribution in [0.25, 0.3) is 0 Å². The molecule has 25 heavy (non-hydrogen) atoms. The summed E-state index contributed by atoms with van der Waals surface area (Å²) in [5.74, 6) is 1.69. The van der Waals surface area contributed by atoms with Gasteiger partial charge < -0.3 is 19.0 Å². The average molecular weight is 347 g/mol. The van der Waals surface area contributed by atoms with Crippen LogP contribution in [0.1, 0.15) is 32.1 Å². The summed E-state index contributed by atoms with van der Waals surface area (Å²) in [5, 5.41) is 10.4. The van der Waals surface area contributed by atoms with E-state index in [2.05, 4.69) is 11.0 Å². The molecule has 1 aromatic carbocycles. The second kappa shape index (κ2) is 9.04. The average Bonchev–Trinajstić information content (AvgIpc) is 3.05. The van der Waals surface area contributed by atoms with E-state index in [1.807, 2.05) is 51.1 Å². The Morgan fingerprint density at radius 3 is 2.60 bits per heavy atom. The van der Waals surface area contributed by atoms with Gasteiger partial charge in [-0.2, -0.15) is 0 Å². The summed E-state index contributed by atoms with van der Waals surface area (Å²) in [6.45, 7) is 8.05. The van der Waals surface area contributed by atoms with Gasteiger partial charge in [-0.15, -0.1) is 0 Å². The van der Waals surface area contributed by atoms with Gasteiger partial charge in [0.1, 0.15) is 11.5 Å². The summed E-state index contributed by atoms with van der Waals surface area (Å²) in [6, 6.07) is 11.8. The summed E-state index contributed by atoms with van der Waals surface area (Å²) < 4.78 is 16.4. The number of hydrogen-bond acceptors (Lipinski definition) is 5. The summed E-state index contributed by atoms with van der Waals surface area (Å²) >= 11 is 0. The van der Waals surface area contributed by atoms with Gasteiger partial charge in [-0.05, 0) is 50.6 Å². The van der Waals surface area contributed by atoms with E-state index in [4.69, 9.17) is 13.9 Å². The van der Waals surface area contributed by atoms with Crippen molar-refractivity contribution in [3.05, 3.63) is 54.0 Å². The quantitative estimate of drug-likeness (QED) is 0.753. The number of rotatable bonds is 9. The second-order valence-corrected chi connectivity index (χ2v) is 7.18. The van der Waals surface area contributed by atoms with E-state index >= 15 is 0 Å². The molecular formula is C20H29NO4. The van der Waals surface area contributed by atoms with E-state index in [9.17, 15) is 5.11 Å². The zero-order valence-corrected chi connectivity index (χ0v) is 15.6. The van der Waals surface area contributed by atoms with Gasteiger partial charge in [-0.3, -0.25) is 4.90 Å². The third-order valence-corrected chi connectivity index (χ3v) is 3.68. The molecular weight excluding hydrogens is 318 g/mol. The van der Waals surface area contributed by atoms with Crippen LogP contribution in [-0.2, 0) is 17.8 Å². The predicted molar refractivity (Wildman–Crippen MR) is 97.5 cm³/mol. The Morgan fingerprint density at radius 1 is 1.16 bits per heavy atom. The molecule has 0 saturated heterocycles. The lowest BCUT2D eigenvalue weighted by Gasteiger charge is -2.27. The topological polar surface area (TPSA) is 55.1 Å². The number of benzene rings is 1. The minimum absolute atomic E-state index is 0.264. The Bertz CT molecular complexity index is 619. The van der Waals surface area contributed by atoms with Crippen molar-refractivity contribution in [3.63, 3.8) is 0 Å². The van der Waals surface area contributed by atoms with E-state index in [1.54, 1.807) is 13.4 Å². The number of furan rings is 1. The van der Waals surface area contributed by atoms with Gasteiger partial charge in [-0.25, -0.2) is 0 Å². The number of aliphatic hydroxyl groups is 1. The zero-order valence-electron chi connectivity index (χ0n) is 15.6. The van der Waals surface area contributed by atoms with Gasteiger partial charge in [-0.1, -0.05) is 12.1 Å². The highest BCUT2D eigenvalue weighted by Gasteiger charge is 2.18. The highest BCUT2D eigenvalue weighted by Crippen LogP contribution is 2.17. The first-order valence-electron chi connectivity index (χ1n) is 8.55. The highest BCUT2D eigenvalue weighted by molar-refractivity contribution is 5.28. The maximum Gasteiger partial charge on any atom is 0.119 e. The Hall–Kier alpha value is -1.82. The highest BCUT2D eigenvalue weighted by atomic mass is 16.5. The molecule has 0 aliphatic rings. The first-order chi connectivity index (χ1) is 11.9. The largest absolute Gasteiger partial charge is 0.497 e. The number of nitrogens with zero attached hydrogens (tertiary/aromatic N) is 1. The molecule has 5 nitrogen and oxygen atoms in total. The Labute approximate surface area is 150 Å². The van der Waals surface area contributed by atoms with Crippen molar-refractivity contribution in [2.24, 2.45) is 0 Å². The molecule has 0 fully saturated rings. The minimum Gasteiger partial charge on any atom is -0.497 e. The first kappa shape index (κ1) is 19.5. The number of ether oxygens (including phenoxy) is 2. The second-order valence-electron chi connectivity index (χ2n) is 7.18. The zero-order chi connectivity index (χ0) is 18.3. The molecule has 0 aliphatic heterocycles. The van der Waals surface area contributed by atoms with Crippen LogP contribution < -0.4 is 4.74 Å². The fourth-order valence-electron chi connectivity index (χ4n) is 2.53. The van der Waals surface area contributed by atoms with Crippen LogP contribution in [0.4, 0.5) is 0 Å². The van der Waals surface area contributed by atoms with Gasteiger partial charge in [0.25, 0.3) is 0 Å². The monoisotopic (exact) mass is 347 g/mol. The normalized spacial score (nSPS) is 13.2. The summed E-state index contributed by atoms with van der Waals surface area (Å²) in [6.07, 6.45) is 1.10. The molecule has 0 aliphatic carbocycles. The maximum atomic E-state index is 10.4. The number of methoxy groups -OCH3 is 1. The van der Waals surface area contributed by atoms with Crippen LogP contribution in [0.15, 0.2) is 47.1 Å². The lowest BCUT2D eigenvalue weighted by molar-refractivity contribution is -0.0576. The van der Waals surface area contributed by atoms with Crippen molar-refractivity contribution in [3.8, 4) is 5.75 Å². The fraction of sp³-hybridized carbons (Fsp3) is 0.500. The summed E-state index contributed by atoms with van der Waals surface area (Å²) in [4.78, 5) is 2.14. The molecule has 1 N–H and O–H groups in total. The lowest BCUT2D eigenvalue weighted by atomic mass is 10.1. The molecule has 0 bridgehead atoms. The molecule has 0 radical (unpaired) electrons. The van der Waals surface area contributed by atoms with Gasteiger partial charge in [0.15, 0.2) is 0 Å². The third kappa shape index (κ3) is 7.30. The Kier molecular flexibility index (Phi) is 7.05. The van der Waals surface area contributed by atoms with E-state index in [0.717, 1.165) is 17.1 Å². The van der Waals surface area contributed by atoms with Gasteiger partial charge in [0.2, 0.25) is 0 Å². The molecule has 1 atom stereocenters. The molecule has 138 valence electrons. The van der Waals surface area contributed by atoms with E-state index in [-0.39, 0.29) is 5.60 Å². The van der Waals surface area contributed by atoms with Crippen molar-refractivity contribution < 1.29 is 19.0 Å². The molecule has 2 aromatic rings. The Balaban J connectivity index is 2.01. The molecule has 1 aromatic heterocycles. The van der Waals surface area contributed by atoms with Crippen molar-refractivity contribution in [2.45, 2.75) is 45.6 Å². The smallest absolute Gasteiger partial charge is 0.119 e. The first-order valence-corrected chi connectivity index (χ1v) is 8.55. The Morgan fingerprint density at radius 2 is 1.96 bits per heavy atom. The van der Waals surface area contributed by atoms with Crippen LogP contribution in [0.2, 0.25) is 0 Å². The molecule has 1 unspecified atom stereocenters. The van der Waals surface area contributed by atoms with E-state index in [1.165, 1.54) is 0 Å². The SMILES string of the molecule is COc1cccc(CN(Cc2ccco2)CC(O)COC(C)(C)C)c1. The van der Waals surface area contributed by atoms with E-state index < -0.39 is 6.10 Å². The van der Waals surface area contributed by atoms with Crippen LogP contribution >= 0.6 is 0 Å². The molecule has 2 rings (SSSR count). The summed E-state index contributed by atoms with van der Waals surface area (Å²) in [5.41, 5.74) is 0.856. The van der Waals surface area contributed by atoms with Crippen molar-refractivity contribution in [2.75, 3.05) is 20.3 Å². The minimum atomic E-state index is -0.570. The van der Waals surface area contributed by atoms with Crippen LogP contribution in [0, 0.1) is 0 Å². The van der Waals surface area contributed by atoms with Crippen LogP contribution in [0.5, 0.6) is 5.75 Å².